The summed E-state index contributed by atoms with van der Waals surface area (Å²) in [4.78, 5) is 0. The van der Waals surface area contributed by atoms with Crippen LogP contribution in [-0.2, 0) is 4.74 Å². The lowest BCUT2D eigenvalue weighted by Gasteiger charge is -2.03. The molecule has 0 aliphatic carbocycles. The Labute approximate surface area is 88.5 Å². The minimum Gasteiger partial charge on any atom is -0.490 e. The average molecular weight is 194 g/mol. The van der Waals surface area contributed by atoms with E-state index in [1.54, 1.807) is 6.08 Å². The standard InChI is InChI=1S/C11H16O.C2H6/c1-9(2)6-7-11(5)12-8-10(3)4;1-2/h6-7H,1,3,5,8H2,2,4H3;1-2H3/b7-6-;. The van der Waals surface area contributed by atoms with Crippen LogP contribution in [0.2, 0.25) is 0 Å². The normalized spacial score (nSPS) is 8.86. The zero-order valence-electron chi connectivity index (χ0n) is 9.89. The van der Waals surface area contributed by atoms with Gasteiger partial charge in [-0.15, -0.1) is 0 Å². The first kappa shape index (κ1) is 15.2. The van der Waals surface area contributed by atoms with Crippen molar-refractivity contribution >= 4 is 0 Å². The van der Waals surface area contributed by atoms with Crippen molar-refractivity contribution in [3.63, 3.8) is 0 Å². The second-order valence-electron chi connectivity index (χ2n) is 2.89. The molecule has 0 aromatic heterocycles. The van der Waals surface area contributed by atoms with Crippen molar-refractivity contribution in [2.75, 3.05) is 6.61 Å². The summed E-state index contributed by atoms with van der Waals surface area (Å²) < 4.78 is 5.23. The highest BCUT2D eigenvalue weighted by atomic mass is 16.5. The molecule has 0 spiro atoms. The number of rotatable bonds is 5. The molecule has 0 unspecified atom stereocenters. The first-order chi connectivity index (χ1) is 6.52. The molecule has 1 nitrogen and oxygen atoms in total. The highest BCUT2D eigenvalue weighted by molar-refractivity contribution is 5.19. The predicted octanol–water partition coefficient (Wildman–Crippen LogP) is 4.25. The molecular formula is C13H22O. The van der Waals surface area contributed by atoms with Crippen LogP contribution in [0.4, 0.5) is 0 Å². The summed E-state index contributed by atoms with van der Waals surface area (Å²) in [6.45, 7) is 19.5. The Bertz CT molecular complexity index is 221. The van der Waals surface area contributed by atoms with E-state index in [0.29, 0.717) is 12.4 Å². The van der Waals surface area contributed by atoms with E-state index in [4.69, 9.17) is 4.74 Å². The molecule has 0 fully saturated rings. The Morgan fingerprint density at radius 3 is 1.93 bits per heavy atom. The first-order valence-electron chi connectivity index (χ1n) is 4.82. The Hall–Kier alpha value is -1.24. The highest BCUT2D eigenvalue weighted by Crippen LogP contribution is 2.01. The number of allylic oxidation sites excluding steroid dienone is 3. The Kier molecular flexibility index (Phi) is 10.7. The Morgan fingerprint density at radius 2 is 1.57 bits per heavy atom. The number of hydrogen-bond acceptors (Lipinski definition) is 1. The van der Waals surface area contributed by atoms with Crippen molar-refractivity contribution in [1.29, 1.82) is 0 Å². The zero-order chi connectivity index (χ0) is 11.6. The predicted molar refractivity (Wildman–Crippen MR) is 65.2 cm³/mol. The van der Waals surface area contributed by atoms with E-state index >= 15 is 0 Å². The summed E-state index contributed by atoms with van der Waals surface area (Å²) in [5.41, 5.74) is 1.97. The van der Waals surface area contributed by atoms with Gasteiger partial charge in [0.2, 0.25) is 0 Å². The van der Waals surface area contributed by atoms with Gasteiger partial charge in [-0.1, -0.05) is 45.2 Å². The monoisotopic (exact) mass is 194 g/mol. The maximum atomic E-state index is 5.23. The van der Waals surface area contributed by atoms with Crippen LogP contribution in [0, 0.1) is 0 Å². The molecular weight excluding hydrogens is 172 g/mol. The molecule has 1 heteroatoms. The van der Waals surface area contributed by atoms with Gasteiger partial charge in [0, 0.05) is 0 Å². The number of hydrogen-bond donors (Lipinski definition) is 0. The van der Waals surface area contributed by atoms with Gasteiger partial charge < -0.3 is 4.74 Å². The molecule has 0 saturated carbocycles. The molecule has 0 aromatic carbocycles. The van der Waals surface area contributed by atoms with E-state index in [2.05, 4.69) is 19.7 Å². The van der Waals surface area contributed by atoms with Crippen LogP contribution in [0.25, 0.3) is 0 Å². The topological polar surface area (TPSA) is 9.23 Å². The molecule has 0 rings (SSSR count). The van der Waals surface area contributed by atoms with Gasteiger partial charge in [0.25, 0.3) is 0 Å². The van der Waals surface area contributed by atoms with Crippen LogP contribution >= 0.6 is 0 Å². The summed E-state index contributed by atoms with van der Waals surface area (Å²) in [6, 6.07) is 0. The van der Waals surface area contributed by atoms with Crippen LogP contribution in [-0.4, -0.2) is 6.61 Å². The summed E-state index contributed by atoms with van der Waals surface area (Å²) >= 11 is 0. The van der Waals surface area contributed by atoms with Crippen LogP contribution in [0.5, 0.6) is 0 Å². The highest BCUT2D eigenvalue weighted by Gasteiger charge is 1.88. The number of ether oxygens (including phenoxy) is 1. The summed E-state index contributed by atoms with van der Waals surface area (Å²) in [7, 11) is 0. The molecule has 0 aliphatic rings. The third kappa shape index (κ3) is 13.4. The van der Waals surface area contributed by atoms with Gasteiger partial charge in [-0.25, -0.2) is 0 Å². The van der Waals surface area contributed by atoms with Crippen molar-refractivity contribution in [2.24, 2.45) is 0 Å². The molecule has 0 aromatic rings. The first-order valence-corrected chi connectivity index (χ1v) is 4.82. The smallest absolute Gasteiger partial charge is 0.112 e. The van der Waals surface area contributed by atoms with Crippen molar-refractivity contribution in [2.45, 2.75) is 27.7 Å². The van der Waals surface area contributed by atoms with E-state index in [1.807, 2.05) is 33.8 Å². The molecule has 0 N–H and O–H groups in total. The van der Waals surface area contributed by atoms with Gasteiger partial charge in [0.05, 0.1) is 0 Å². The maximum Gasteiger partial charge on any atom is 0.112 e. The molecule has 0 heterocycles. The lowest BCUT2D eigenvalue weighted by Crippen LogP contribution is -1.91. The molecule has 14 heavy (non-hydrogen) atoms. The molecule has 0 atom stereocenters. The SMILES string of the molecule is C=C(C)/C=C\C(=C)OCC(=C)C.CC. The van der Waals surface area contributed by atoms with Crippen molar-refractivity contribution < 1.29 is 4.74 Å². The quantitative estimate of drug-likeness (QED) is 0.361. The minimum absolute atomic E-state index is 0.527. The molecule has 80 valence electrons. The van der Waals surface area contributed by atoms with E-state index in [0.717, 1.165) is 11.1 Å². The fourth-order valence-corrected chi connectivity index (χ4v) is 0.499. The minimum atomic E-state index is 0.527. The summed E-state index contributed by atoms with van der Waals surface area (Å²) in [5, 5.41) is 0. The lowest BCUT2D eigenvalue weighted by molar-refractivity contribution is 0.255. The van der Waals surface area contributed by atoms with E-state index < -0.39 is 0 Å². The maximum absolute atomic E-state index is 5.23. The van der Waals surface area contributed by atoms with Crippen LogP contribution < -0.4 is 0 Å². The average Bonchev–Trinajstić information content (AvgIpc) is 2.14. The largest absolute Gasteiger partial charge is 0.490 e. The fourth-order valence-electron chi connectivity index (χ4n) is 0.499. The second-order valence-corrected chi connectivity index (χ2v) is 2.89. The Balaban J connectivity index is 0. The van der Waals surface area contributed by atoms with Crippen LogP contribution in [0.15, 0.2) is 48.8 Å². The molecule has 0 saturated heterocycles. The van der Waals surface area contributed by atoms with Crippen molar-refractivity contribution in [3.05, 3.63) is 48.8 Å². The molecule has 0 bridgehead atoms. The fraction of sp³-hybridized carbons (Fsp3) is 0.385. The molecule has 0 amide bonds. The van der Waals surface area contributed by atoms with E-state index in [-0.39, 0.29) is 0 Å². The van der Waals surface area contributed by atoms with E-state index in [9.17, 15) is 0 Å². The van der Waals surface area contributed by atoms with Gasteiger partial charge >= 0.3 is 0 Å². The van der Waals surface area contributed by atoms with Gasteiger partial charge in [0.15, 0.2) is 0 Å². The van der Waals surface area contributed by atoms with Crippen LogP contribution in [0.1, 0.15) is 27.7 Å². The van der Waals surface area contributed by atoms with Crippen molar-refractivity contribution in [1.82, 2.24) is 0 Å². The second kappa shape index (κ2) is 9.85. The lowest BCUT2D eigenvalue weighted by atomic mass is 10.3. The summed E-state index contributed by atoms with van der Waals surface area (Å²) in [5.74, 6) is 0.640. The van der Waals surface area contributed by atoms with Crippen molar-refractivity contribution in [3.8, 4) is 0 Å². The van der Waals surface area contributed by atoms with Gasteiger partial charge in [0.1, 0.15) is 12.4 Å². The molecule has 0 aliphatic heterocycles. The van der Waals surface area contributed by atoms with Gasteiger partial charge in [-0.3, -0.25) is 0 Å². The summed E-state index contributed by atoms with van der Waals surface area (Å²) in [6.07, 6.45) is 3.66. The van der Waals surface area contributed by atoms with Gasteiger partial charge in [-0.2, -0.15) is 0 Å². The Morgan fingerprint density at radius 1 is 1.07 bits per heavy atom. The third-order valence-electron chi connectivity index (χ3n) is 1.06. The molecule has 0 radical (unpaired) electrons. The van der Waals surface area contributed by atoms with Gasteiger partial charge in [-0.05, 0) is 25.5 Å². The van der Waals surface area contributed by atoms with E-state index in [1.165, 1.54) is 0 Å². The zero-order valence-corrected chi connectivity index (χ0v) is 9.89. The third-order valence-corrected chi connectivity index (χ3v) is 1.06. The van der Waals surface area contributed by atoms with Crippen LogP contribution in [0.3, 0.4) is 0 Å².